The molecule has 0 aromatic heterocycles. The Hall–Kier alpha value is -0.610. The molecule has 2 atom stereocenters. The van der Waals surface area contributed by atoms with Crippen molar-refractivity contribution in [3.05, 3.63) is 0 Å². The zero-order chi connectivity index (χ0) is 12.0. The largest absolute Gasteiger partial charge is 0.465 e. The number of hydrogen-bond acceptors (Lipinski definition) is 4. The van der Waals surface area contributed by atoms with E-state index in [2.05, 4.69) is 24.2 Å². The maximum Gasteiger partial charge on any atom is 0.323 e. The first-order valence-corrected chi connectivity index (χ1v) is 6.28. The van der Waals surface area contributed by atoms with E-state index in [0.717, 1.165) is 32.4 Å². The van der Waals surface area contributed by atoms with Crippen LogP contribution in [0.15, 0.2) is 0 Å². The molecule has 0 radical (unpaired) electrons. The highest BCUT2D eigenvalue weighted by molar-refractivity contribution is 5.75. The van der Waals surface area contributed by atoms with Crippen LogP contribution in [0, 0.1) is 0 Å². The van der Waals surface area contributed by atoms with Gasteiger partial charge in [0.05, 0.1) is 6.61 Å². The Balaban J connectivity index is 2.40. The van der Waals surface area contributed by atoms with Gasteiger partial charge in [-0.05, 0) is 33.4 Å². The van der Waals surface area contributed by atoms with E-state index in [1.165, 1.54) is 0 Å². The van der Waals surface area contributed by atoms with E-state index in [1.807, 2.05) is 6.92 Å². The number of carbonyl (C=O) groups is 1. The van der Waals surface area contributed by atoms with Gasteiger partial charge in [0, 0.05) is 12.6 Å². The van der Waals surface area contributed by atoms with Crippen LogP contribution in [-0.4, -0.2) is 49.7 Å². The lowest BCUT2D eigenvalue weighted by molar-refractivity contribution is -0.146. The molecule has 1 rings (SSSR count). The number of likely N-dealkylation sites (N-methyl/N-ethyl adjacent to an activating group) is 1. The van der Waals surface area contributed by atoms with Crippen LogP contribution in [0.2, 0.25) is 0 Å². The lowest BCUT2D eigenvalue weighted by Crippen LogP contribution is -2.45. The molecule has 16 heavy (non-hydrogen) atoms. The van der Waals surface area contributed by atoms with E-state index in [-0.39, 0.29) is 12.0 Å². The second-order valence-electron chi connectivity index (χ2n) is 4.51. The fraction of sp³-hybridized carbons (Fsp3) is 0.917. The van der Waals surface area contributed by atoms with Crippen LogP contribution in [0.4, 0.5) is 0 Å². The van der Waals surface area contributed by atoms with Gasteiger partial charge in [-0.2, -0.15) is 0 Å². The SMILES string of the molecule is CCCC(NC1CCN(C)C1)C(=O)OCC. The number of hydrogen-bond donors (Lipinski definition) is 1. The van der Waals surface area contributed by atoms with Crippen molar-refractivity contribution in [2.45, 2.75) is 45.2 Å². The van der Waals surface area contributed by atoms with E-state index in [4.69, 9.17) is 4.74 Å². The van der Waals surface area contributed by atoms with Gasteiger partial charge in [0.2, 0.25) is 0 Å². The molecule has 1 N–H and O–H groups in total. The molecule has 0 amide bonds. The third kappa shape index (κ3) is 4.10. The van der Waals surface area contributed by atoms with Gasteiger partial charge in [0.15, 0.2) is 0 Å². The van der Waals surface area contributed by atoms with Crippen molar-refractivity contribution in [1.29, 1.82) is 0 Å². The Morgan fingerprint density at radius 1 is 1.56 bits per heavy atom. The normalized spacial score (nSPS) is 23.3. The zero-order valence-corrected chi connectivity index (χ0v) is 10.7. The Labute approximate surface area is 98.3 Å². The molecule has 4 nitrogen and oxygen atoms in total. The number of esters is 1. The molecule has 1 aliphatic heterocycles. The van der Waals surface area contributed by atoms with Crippen molar-refractivity contribution in [2.75, 3.05) is 26.7 Å². The summed E-state index contributed by atoms with van der Waals surface area (Å²) in [7, 11) is 2.11. The Kier molecular flexibility index (Phi) is 5.77. The molecular weight excluding hydrogens is 204 g/mol. The zero-order valence-electron chi connectivity index (χ0n) is 10.7. The molecule has 4 heteroatoms. The summed E-state index contributed by atoms with van der Waals surface area (Å²) < 4.78 is 5.08. The van der Waals surface area contributed by atoms with Gasteiger partial charge in [-0.1, -0.05) is 13.3 Å². The minimum absolute atomic E-state index is 0.0982. The fourth-order valence-electron chi connectivity index (χ4n) is 2.16. The molecule has 0 spiro atoms. The summed E-state index contributed by atoms with van der Waals surface area (Å²) in [5.41, 5.74) is 0. The molecule has 94 valence electrons. The predicted molar refractivity (Wildman–Crippen MR) is 64.4 cm³/mol. The molecule has 2 unspecified atom stereocenters. The van der Waals surface area contributed by atoms with Crippen LogP contribution in [0.5, 0.6) is 0 Å². The molecule has 0 bridgehead atoms. The highest BCUT2D eigenvalue weighted by atomic mass is 16.5. The smallest absolute Gasteiger partial charge is 0.323 e. The van der Waals surface area contributed by atoms with Gasteiger partial charge >= 0.3 is 5.97 Å². The average molecular weight is 228 g/mol. The molecule has 0 aromatic rings. The molecule has 0 aliphatic carbocycles. The number of likely N-dealkylation sites (tertiary alicyclic amines) is 1. The number of carbonyl (C=O) groups excluding carboxylic acids is 1. The molecule has 0 saturated carbocycles. The lowest BCUT2D eigenvalue weighted by Gasteiger charge is -2.21. The first-order valence-electron chi connectivity index (χ1n) is 6.28. The van der Waals surface area contributed by atoms with E-state index in [0.29, 0.717) is 12.6 Å². The minimum atomic E-state index is -0.124. The van der Waals surface area contributed by atoms with Crippen molar-refractivity contribution < 1.29 is 9.53 Å². The second kappa shape index (κ2) is 6.86. The van der Waals surface area contributed by atoms with Gasteiger partial charge in [0.25, 0.3) is 0 Å². The van der Waals surface area contributed by atoms with Crippen molar-refractivity contribution in [3.63, 3.8) is 0 Å². The summed E-state index contributed by atoms with van der Waals surface area (Å²) in [6.45, 7) is 6.54. The lowest BCUT2D eigenvalue weighted by atomic mass is 10.1. The molecular formula is C12H24N2O2. The first-order chi connectivity index (χ1) is 7.67. The number of nitrogens with one attached hydrogen (secondary N) is 1. The second-order valence-corrected chi connectivity index (χ2v) is 4.51. The van der Waals surface area contributed by atoms with Crippen molar-refractivity contribution in [3.8, 4) is 0 Å². The average Bonchev–Trinajstić information content (AvgIpc) is 2.64. The first kappa shape index (κ1) is 13.5. The highest BCUT2D eigenvalue weighted by Gasteiger charge is 2.26. The quantitative estimate of drug-likeness (QED) is 0.689. The summed E-state index contributed by atoms with van der Waals surface area (Å²) >= 11 is 0. The van der Waals surface area contributed by atoms with Gasteiger partial charge in [-0.25, -0.2) is 0 Å². The highest BCUT2D eigenvalue weighted by Crippen LogP contribution is 2.09. The summed E-state index contributed by atoms with van der Waals surface area (Å²) in [6.07, 6.45) is 2.98. The van der Waals surface area contributed by atoms with Gasteiger partial charge in [-0.3, -0.25) is 4.79 Å². The monoisotopic (exact) mass is 228 g/mol. The summed E-state index contributed by atoms with van der Waals surface area (Å²) in [6, 6.07) is 0.312. The van der Waals surface area contributed by atoms with Crippen LogP contribution in [-0.2, 0) is 9.53 Å². The maximum atomic E-state index is 11.7. The summed E-state index contributed by atoms with van der Waals surface area (Å²) in [5, 5.41) is 3.42. The van der Waals surface area contributed by atoms with Gasteiger partial charge in [-0.15, -0.1) is 0 Å². The van der Waals surface area contributed by atoms with Crippen LogP contribution < -0.4 is 5.32 Å². The molecule has 1 saturated heterocycles. The van der Waals surface area contributed by atoms with Crippen molar-refractivity contribution >= 4 is 5.97 Å². The Morgan fingerprint density at radius 2 is 2.31 bits per heavy atom. The molecule has 1 aliphatic rings. The minimum Gasteiger partial charge on any atom is -0.465 e. The third-order valence-corrected chi connectivity index (χ3v) is 2.98. The van der Waals surface area contributed by atoms with Crippen molar-refractivity contribution in [1.82, 2.24) is 10.2 Å². The Morgan fingerprint density at radius 3 is 2.81 bits per heavy atom. The number of ether oxygens (including phenoxy) is 1. The maximum absolute atomic E-state index is 11.7. The standard InChI is InChI=1S/C12H24N2O2/c1-4-6-11(12(15)16-5-2)13-10-7-8-14(3)9-10/h10-11,13H,4-9H2,1-3H3. The summed E-state index contributed by atoms with van der Waals surface area (Å²) in [4.78, 5) is 14.0. The topological polar surface area (TPSA) is 41.6 Å². The Bertz CT molecular complexity index is 221. The predicted octanol–water partition coefficient (Wildman–Crippen LogP) is 1.01. The van der Waals surface area contributed by atoms with Gasteiger partial charge < -0.3 is 15.0 Å². The van der Waals surface area contributed by atoms with Crippen LogP contribution >= 0.6 is 0 Å². The summed E-state index contributed by atoms with van der Waals surface area (Å²) in [5.74, 6) is -0.0982. The fourth-order valence-corrected chi connectivity index (χ4v) is 2.16. The molecule has 1 fully saturated rings. The van der Waals surface area contributed by atoms with E-state index in [9.17, 15) is 4.79 Å². The molecule has 0 aromatic carbocycles. The van der Waals surface area contributed by atoms with E-state index >= 15 is 0 Å². The van der Waals surface area contributed by atoms with Crippen molar-refractivity contribution in [2.24, 2.45) is 0 Å². The van der Waals surface area contributed by atoms with Crippen LogP contribution in [0.3, 0.4) is 0 Å². The van der Waals surface area contributed by atoms with E-state index < -0.39 is 0 Å². The van der Waals surface area contributed by atoms with E-state index in [1.54, 1.807) is 0 Å². The third-order valence-electron chi connectivity index (χ3n) is 2.98. The van der Waals surface area contributed by atoms with Gasteiger partial charge in [0.1, 0.15) is 6.04 Å². The number of rotatable bonds is 6. The van der Waals surface area contributed by atoms with Crippen LogP contribution in [0.1, 0.15) is 33.1 Å². The molecule has 1 heterocycles. The van der Waals surface area contributed by atoms with Crippen LogP contribution in [0.25, 0.3) is 0 Å². The number of nitrogens with zero attached hydrogens (tertiary/aromatic N) is 1.